The van der Waals surface area contributed by atoms with Crippen molar-refractivity contribution in [2.45, 2.75) is 25.1 Å². The normalized spacial score (nSPS) is 19.9. The van der Waals surface area contributed by atoms with E-state index in [2.05, 4.69) is 20.7 Å². The number of amides is 1. The first-order valence-electron chi connectivity index (χ1n) is 6.54. The van der Waals surface area contributed by atoms with Gasteiger partial charge >= 0.3 is 12.1 Å². The van der Waals surface area contributed by atoms with Crippen LogP contribution in [0.2, 0.25) is 0 Å². The van der Waals surface area contributed by atoms with Gasteiger partial charge in [-0.3, -0.25) is 10.2 Å². The fraction of sp³-hybridized carbons (Fsp3) is 0.286. The van der Waals surface area contributed by atoms with E-state index in [1.54, 1.807) is 0 Å². The maximum atomic E-state index is 12.9. The van der Waals surface area contributed by atoms with Crippen LogP contribution in [0.1, 0.15) is 18.9 Å². The Morgan fingerprint density at radius 3 is 2.62 bits per heavy atom. The molecule has 126 valence electrons. The second kappa shape index (κ2) is 5.84. The lowest BCUT2D eigenvalue weighted by Crippen LogP contribution is -2.48. The number of carboxylic acids is 1. The fourth-order valence-electron chi connectivity index (χ4n) is 2.07. The van der Waals surface area contributed by atoms with Gasteiger partial charge in [0, 0.05) is 12.1 Å². The zero-order valence-electron chi connectivity index (χ0n) is 12.2. The third-order valence-corrected chi connectivity index (χ3v) is 3.39. The number of anilines is 1. The Morgan fingerprint density at radius 1 is 1.46 bits per heavy atom. The molecule has 3 N–H and O–H groups in total. The molecule has 24 heavy (non-hydrogen) atoms. The van der Waals surface area contributed by atoms with Gasteiger partial charge in [0.15, 0.2) is 5.69 Å². The van der Waals surface area contributed by atoms with Crippen molar-refractivity contribution in [1.29, 1.82) is 0 Å². The first-order chi connectivity index (χ1) is 11.1. The number of aliphatic carboxylic acids is 1. The quantitative estimate of drug-likeness (QED) is 0.736. The molecule has 7 nitrogen and oxygen atoms in total. The van der Waals surface area contributed by atoms with E-state index in [0.29, 0.717) is 6.07 Å². The van der Waals surface area contributed by atoms with Gasteiger partial charge in [-0.2, -0.15) is 18.3 Å². The van der Waals surface area contributed by atoms with E-state index in [1.807, 2.05) is 0 Å². The number of nitrogens with one attached hydrogen (secondary N) is 2. The highest BCUT2D eigenvalue weighted by Crippen LogP contribution is 2.38. The third-order valence-electron chi connectivity index (χ3n) is 3.39. The van der Waals surface area contributed by atoms with E-state index in [4.69, 9.17) is 11.7 Å². The van der Waals surface area contributed by atoms with Gasteiger partial charge in [0.2, 0.25) is 0 Å². The van der Waals surface area contributed by atoms with Crippen molar-refractivity contribution >= 4 is 29.0 Å². The van der Waals surface area contributed by atoms with E-state index >= 15 is 0 Å². The Hall–Kier alpha value is -3.09. The summed E-state index contributed by atoms with van der Waals surface area (Å²) in [6.45, 7) is 8.14. The molecule has 1 aromatic rings. The van der Waals surface area contributed by atoms with Gasteiger partial charge in [0.25, 0.3) is 5.91 Å². The lowest BCUT2D eigenvalue weighted by atomic mass is 9.95. The average Bonchev–Trinajstić information content (AvgIpc) is 2.90. The predicted molar refractivity (Wildman–Crippen MR) is 77.6 cm³/mol. The predicted octanol–water partition coefficient (Wildman–Crippen LogP) is 2.39. The van der Waals surface area contributed by atoms with Crippen LogP contribution in [0.4, 0.5) is 24.5 Å². The molecule has 1 heterocycles. The maximum Gasteiger partial charge on any atom is 0.407 e. The fourth-order valence-corrected chi connectivity index (χ4v) is 2.07. The monoisotopic (exact) mass is 340 g/mol. The van der Waals surface area contributed by atoms with Crippen LogP contribution in [0.3, 0.4) is 0 Å². The topological polar surface area (TPSA) is 95.2 Å². The summed E-state index contributed by atoms with van der Waals surface area (Å²) < 4.78 is 38.8. The number of halogens is 3. The molecule has 0 saturated carbocycles. The number of hydrogen-bond donors (Lipinski definition) is 3. The minimum Gasteiger partial charge on any atom is -0.477 e. The van der Waals surface area contributed by atoms with E-state index in [-0.39, 0.29) is 17.8 Å². The van der Waals surface area contributed by atoms with E-state index in [0.717, 1.165) is 12.1 Å². The van der Waals surface area contributed by atoms with Crippen LogP contribution < -0.4 is 10.7 Å². The van der Waals surface area contributed by atoms with Crippen molar-refractivity contribution in [3.63, 3.8) is 0 Å². The molecule has 10 heteroatoms. The Labute approximate surface area is 134 Å². The van der Waals surface area contributed by atoms with Gasteiger partial charge in [-0.15, -0.1) is 0 Å². The van der Waals surface area contributed by atoms with Crippen LogP contribution in [-0.2, 0) is 15.8 Å². The van der Waals surface area contributed by atoms with Crippen molar-refractivity contribution < 1.29 is 27.9 Å². The molecule has 2 rings (SSSR count). The van der Waals surface area contributed by atoms with Crippen molar-refractivity contribution in [1.82, 2.24) is 5.43 Å². The number of rotatable bonds is 3. The molecule has 0 saturated heterocycles. The Bertz CT molecular complexity index is 782. The minimum atomic E-state index is -4.74. The molecular weight excluding hydrogens is 329 g/mol. The Kier molecular flexibility index (Phi) is 4.20. The molecule has 0 bridgehead atoms. The molecule has 1 aliphatic heterocycles. The maximum absolute atomic E-state index is 12.9. The number of carbonyl (C=O) groups is 2. The molecule has 0 fully saturated rings. The summed E-state index contributed by atoms with van der Waals surface area (Å²) in [4.78, 5) is 25.9. The van der Waals surface area contributed by atoms with Crippen LogP contribution >= 0.6 is 0 Å². The first-order valence-corrected chi connectivity index (χ1v) is 6.54. The van der Waals surface area contributed by atoms with Gasteiger partial charge in [-0.25, -0.2) is 9.64 Å². The SMILES string of the molecule is [C-]#[N+]c1ccc(NC(=O)C2(C)CC(C(=O)O)=NN2)cc1C(F)(F)F. The summed E-state index contributed by atoms with van der Waals surface area (Å²) in [6, 6.07) is 2.77. The molecule has 0 aliphatic carbocycles. The van der Waals surface area contributed by atoms with E-state index in [9.17, 15) is 22.8 Å². The molecule has 0 spiro atoms. The highest BCUT2D eigenvalue weighted by molar-refractivity contribution is 6.37. The van der Waals surface area contributed by atoms with E-state index < -0.39 is 34.8 Å². The summed E-state index contributed by atoms with van der Waals surface area (Å²) in [6.07, 6.45) is -4.96. The molecule has 1 atom stereocenters. The third kappa shape index (κ3) is 3.29. The lowest BCUT2D eigenvalue weighted by molar-refractivity contribution is -0.137. The average molecular weight is 340 g/mol. The zero-order valence-corrected chi connectivity index (χ0v) is 12.2. The molecule has 1 aromatic carbocycles. The second-order valence-corrected chi connectivity index (χ2v) is 5.28. The minimum absolute atomic E-state index is 0.161. The summed E-state index contributed by atoms with van der Waals surface area (Å²) in [5.41, 5.74) is -1.19. The second-order valence-electron chi connectivity index (χ2n) is 5.28. The van der Waals surface area contributed by atoms with Crippen LogP contribution in [0.15, 0.2) is 23.3 Å². The van der Waals surface area contributed by atoms with Gasteiger partial charge in [0.05, 0.1) is 12.1 Å². The summed E-state index contributed by atoms with van der Waals surface area (Å²) in [5.74, 6) is -2.04. The molecule has 1 aliphatic rings. The standard InChI is InChI=1S/C14H11F3N4O3/c1-13(6-10(11(22)23)20-21-13)12(24)19-7-3-4-9(18-2)8(5-7)14(15,16)17/h3-5,21H,6H2,1H3,(H,19,24)(H,22,23). The van der Waals surface area contributed by atoms with Gasteiger partial charge < -0.3 is 10.4 Å². The van der Waals surface area contributed by atoms with Crippen LogP contribution in [0.5, 0.6) is 0 Å². The number of carbonyl (C=O) groups excluding carboxylic acids is 1. The highest BCUT2D eigenvalue weighted by Gasteiger charge is 2.41. The smallest absolute Gasteiger partial charge is 0.407 e. The van der Waals surface area contributed by atoms with Crippen LogP contribution in [0.25, 0.3) is 4.85 Å². The number of hydrazone groups is 1. The Morgan fingerprint density at radius 2 is 2.12 bits per heavy atom. The summed E-state index contributed by atoms with van der Waals surface area (Å²) >= 11 is 0. The van der Waals surface area contributed by atoms with Crippen LogP contribution in [0, 0.1) is 6.57 Å². The molecular formula is C14H11F3N4O3. The van der Waals surface area contributed by atoms with Gasteiger partial charge in [-0.1, -0.05) is 6.07 Å². The number of nitrogens with zero attached hydrogens (tertiary/aromatic N) is 2. The Balaban J connectivity index is 2.22. The molecule has 1 amide bonds. The lowest BCUT2D eigenvalue weighted by Gasteiger charge is -2.22. The van der Waals surface area contributed by atoms with Crippen molar-refractivity contribution in [2.75, 3.05) is 5.32 Å². The summed E-state index contributed by atoms with van der Waals surface area (Å²) in [7, 11) is 0. The number of alkyl halides is 3. The largest absolute Gasteiger partial charge is 0.477 e. The van der Waals surface area contributed by atoms with E-state index in [1.165, 1.54) is 6.92 Å². The van der Waals surface area contributed by atoms with Gasteiger partial charge in [0.1, 0.15) is 11.3 Å². The number of benzene rings is 1. The number of carboxylic acid groups (broad SMARTS) is 1. The van der Waals surface area contributed by atoms with Crippen molar-refractivity contribution in [3.05, 3.63) is 35.2 Å². The number of hydrogen-bond acceptors (Lipinski definition) is 4. The van der Waals surface area contributed by atoms with Crippen molar-refractivity contribution in [3.8, 4) is 0 Å². The summed E-state index contributed by atoms with van der Waals surface area (Å²) in [5, 5.41) is 14.6. The van der Waals surface area contributed by atoms with Crippen molar-refractivity contribution in [2.24, 2.45) is 5.10 Å². The van der Waals surface area contributed by atoms with Gasteiger partial charge in [-0.05, 0) is 19.1 Å². The zero-order chi connectivity index (χ0) is 18.1. The van der Waals surface area contributed by atoms with Crippen LogP contribution in [-0.4, -0.2) is 28.2 Å². The first kappa shape index (κ1) is 17.3. The molecule has 0 radical (unpaired) electrons. The molecule has 0 aromatic heterocycles. The molecule has 1 unspecified atom stereocenters. The highest BCUT2D eigenvalue weighted by atomic mass is 19.4.